The van der Waals surface area contributed by atoms with Crippen LogP contribution in [0, 0.1) is 0 Å². The predicted molar refractivity (Wildman–Crippen MR) is 47.4 cm³/mol. The molecule has 0 fully saturated rings. The molecule has 0 radical (unpaired) electrons. The van der Waals surface area contributed by atoms with Crippen molar-refractivity contribution in [3.8, 4) is 0 Å². The van der Waals surface area contributed by atoms with Gasteiger partial charge in [-0.15, -0.1) is 0 Å². The molecule has 0 rings (SSSR count). The first-order chi connectivity index (χ1) is 6.49. The van der Waals surface area contributed by atoms with Crippen molar-refractivity contribution < 1.29 is 24.6 Å². The number of rotatable bonds is 6. The summed E-state index contributed by atoms with van der Waals surface area (Å²) in [4.78, 5) is 34.7. The Kier molecular flexibility index (Phi) is 4.83. The molecule has 6 nitrogen and oxygen atoms in total. The first-order valence-corrected chi connectivity index (χ1v) is 3.61. The summed E-state index contributed by atoms with van der Waals surface area (Å²) in [5.41, 5.74) is 0. The minimum absolute atomic E-state index is 0.422. The van der Waals surface area contributed by atoms with Crippen molar-refractivity contribution >= 4 is 23.9 Å². The molecule has 0 aliphatic rings. The number of nitrogens with zero attached hydrogens (tertiary/aromatic N) is 1. The third kappa shape index (κ3) is 4.15. The molecule has 0 amide bonds. The zero-order valence-corrected chi connectivity index (χ0v) is 7.21. The van der Waals surface area contributed by atoms with Crippen LogP contribution < -0.4 is 0 Å². The second kappa shape index (κ2) is 5.63. The molecule has 0 aliphatic carbocycles. The number of ketones is 1. The molecular formula is C8H9NO5. The Morgan fingerprint density at radius 3 is 2.29 bits per heavy atom. The third-order valence-corrected chi connectivity index (χ3v) is 1.22. The van der Waals surface area contributed by atoms with Crippen molar-refractivity contribution in [1.29, 1.82) is 0 Å². The fourth-order valence-corrected chi connectivity index (χ4v) is 0.607. The van der Waals surface area contributed by atoms with E-state index in [4.69, 9.17) is 10.2 Å². The molecule has 2 N–H and O–H groups in total. The van der Waals surface area contributed by atoms with E-state index in [0.717, 1.165) is 12.3 Å². The van der Waals surface area contributed by atoms with Gasteiger partial charge in [-0.25, -0.2) is 4.79 Å². The van der Waals surface area contributed by atoms with Crippen LogP contribution in [0.2, 0.25) is 0 Å². The molecule has 0 aromatic carbocycles. The molecule has 1 atom stereocenters. The Morgan fingerprint density at radius 1 is 1.36 bits per heavy atom. The molecule has 0 aliphatic heterocycles. The van der Waals surface area contributed by atoms with E-state index >= 15 is 0 Å². The van der Waals surface area contributed by atoms with E-state index in [2.05, 4.69) is 11.6 Å². The minimum atomic E-state index is -1.59. The number of aliphatic imine (C=N–C) groups is 1. The topological polar surface area (TPSA) is 104 Å². The molecule has 0 saturated carbocycles. The summed E-state index contributed by atoms with van der Waals surface area (Å²) in [6.45, 7) is 3.10. The fourth-order valence-electron chi connectivity index (χ4n) is 0.607. The standard InChI is InChI=1S/C8H9NO5/c1-2-5(10)7(8(13)14)9-4-3-6(11)12/h2,4,7H,1,3H2,(H,11,12)(H,13,14)/b9-4+. The van der Waals surface area contributed by atoms with Crippen LogP contribution in [0.1, 0.15) is 6.42 Å². The lowest BCUT2D eigenvalue weighted by Crippen LogP contribution is -2.26. The average Bonchev–Trinajstić information content (AvgIpc) is 2.10. The zero-order chi connectivity index (χ0) is 11.1. The van der Waals surface area contributed by atoms with Crippen LogP contribution in [-0.4, -0.2) is 40.2 Å². The SMILES string of the molecule is C=CC(=O)C(/N=C/CC(=O)O)C(=O)O. The molecule has 0 spiro atoms. The molecule has 0 saturated heterocycles. The summed E-state index contributed by atoms with van der Waals surface area (Å²) in [5.74, 6) is -3.36. The van der Waals surface area contributed by atoms with Gasteiger partial charge in [0.05, 0.1) is 6.42 Å². The maximum atomic E-state index is 10.9. The molecule has 0 heterocycles. The summed E-state index contributed by atoms with van der Waals surface area (Å²) in [6, 6.07) is -1.59. The van der Waals surface area contributed by atoms with E-state index in [-0.39, 0.29) is 0 Å². The number of carbonyl (C=O) groups is 3. The molecule has 0 aromatic heterocycles. The van der Waals surface area contributed by atoms with Crippen LogP contribution >= 0.6 is 0 Å². The van der Waals surface area contributed by atoms with E-state index < -0.39 is 30.2 Å². The average molecular weight is 199 g/mol. The van der Waals surface area contributed by atoms with Crippen LogP contribution in [0.15, 0.2) is 17.6 Å². The van der Waals surface area contributed by atoms with Gasteiger partial charge in [0.25, 0.3) is 0 Å². The monoisotopic (exact) mass is 199 g/mol. The third-order valence-electron chi connectivity index (χ3n) is 1.22. The maximum absolute atomic E-state index is 10.9. The van der Waals surface area contributed by atoms with Crippen LogP contribution in [0.4, 0.5) is 0 Å². The first kappa shape index (κ1) is 12.0. The van der Waals surface area contributed by atoms with Crippen LogP contribution in [0.5, 0.6) is 0 Å². The molecule has 0 bridgehead atoms. The highest BCUT2D eigenvalue weighted by atomic mass is 16.4. The van der Waals surface area contributed by atoms with E-state index in [1.807, 2.05) is 0 Å². The highest BCUT2D eigenvalue weighted by molar-refractivity contribution is 6.08. The van der Waals surface area contributed by atoms with Crippen molar-refractivity contribution in [1.82, 2.24) is 0 Å². The van der Waals surface area contributed by atoms with Gasteiger partial charge in [0.2, 0.25) is 6.04 Å². The molecule has 0 aromatic rings. The second-order valence-corrected chi connectivity index (χ2v) is 2.28. The Bertz CT molecular complexity index is 294. The van der Waals surface area contributed by atoms with Gasteiger partial charge in [0.15, 0.2) is 5.78 Å². The summed E-state index contributed by atoms with van der Waals surface area (Å²) >= 11 is 0. The summed E-state index contributed by atoms with van der Waals surface area (Å²) in [5, 5.41) is 16.7. The maximum Gasteiger partial charge on any atom is 0.336 e. The molecule has 76 valence electrons. The largest absolute Gasteiger partial charge is 0.481 e. The van der Waals surface area contributed by atoms with Gasteiger partial charge >= 0.3 is 11.9 Å². The highest BCUT2D eigenvalue weighted by Crippen LogP contribution is 1.94. The number of hydrogen-bond acceptors (Lipinski definition) is 4. The van der Waals surface area contributed by atoms with E-state index in [9.17, 15) is 14.4 Å². The van der Waals surface area contributed by atoms with Crippen molar-refractivity contribution in [3.05, 3.63) is 12.7 Å². The van der Waals surface area contributed by atoms with Crippen molar-refractivity contribution in [2.24, 2.45) is 4.99 Å². The van der Waals surface area contributed by atoms with Gasteiger partial charge in [-0.2, -0.15) is 0 Å². The normalized spacial score (nSPS) is 12.3. The van der Waals surface area contributed by atoms with Gasteiger partial charge < -0.3 is 10.2 Å². The van der Waals surface area contributed by atoms with Crippen LogP contribution in [0.3, 0.4) is 0 Å². The molecular weight excluding hydrogens is 190 g/mol. The number of carboxylic acid groups (broad SMARTS) is 2. The van der Waals surface area contributed by atoms with Crippen molar-refractivity contribution in [3.63, 3.8) is 0 Å². The number of hydrogen-bond donors (Lipinski definition) is 2. The van der Waals surface area contributed by atoms with Crippen LogP contribution in [-0.2, 0) is 14.4 Å². The lowest BCUT2D eigenvalue weighted by atomic mass is 10.2. The Balaban J connectivity index is 4.45. The van der Waals surface area contributed by atoms with E-state index in [0.29, 0.717) is 0 Å². The zero-order valence-electron chi connectivity index (χ0n) is 7.21. The van der Waals surface area contributed by atoms with Crippen molar-refractivity contribution in [2.75, 3.05) is 0 Å². The Morgan fingerprint density at radius 2 is 1.93 bits per heavy atom. The number of carbonyl (C=O) groups excluding carboxylic acids is 1. The summed E-state index contributed by atoms with van der Waals surface area (Å²) in [7, 11) is 0. The van der Waals surface area contributed by atoms with Crippen molar-refractivity contribution in [2.45, 2.75) is 12.5 Å². The quantitative estimate of drug-likeness (QED) is 0.348. The summed E-state index contributed by atoms with van der Waals surface area (Å²) in [6.07, 6.45) is 1.29. The van der Waals surface area contributed by atoms with Gasteiger partial charge in [0.1, 0.15) is 0 Å². The molecule has 1 unspecified atom stereocenters. The fraction of sp³-hybridized carbons (Fsp3) is 0.250. The highest BCUT2D eigenvalue weighted by Gasteiger charge is 2.21. The smallest absolute Gasteiger partial charge is 0.336 e. The molecule has 6 heteroatoms. The van der Waals surface area contributed by atoms with Gasteiger partial charge in [0, 0.05) is 6.21 Å². The minimum Gasteiger partial charge on any atom is -0.481 e. The van der Waals surface area contributed by atoms with Gasteiger partial charge in [-0.1, -0.05) is 6.58 Å². The number of aliphatic carboxylic acids is 2. The first-order valence-electron chi connectivity index (χ1n) is 3.61. The van der Waals surface area contributed by atoms with E-state index in [1.54, 1.807) is 0 Å². The lowest BCUT2D eigenvalue weighted by molar-refractivity contribution is -0.141. The van der Waals surface area contributed by atoms with E-state index in [1.165, 1.54) is 0 Å². The lowest BCUT2D eigenvalue weighted by Gasteiger charge is -2.00. The van der Waals surface area contributed by atoms with Crippen LogP contribution in [0.25, 0.3) is 0 Å². The summed E-state index contributed by atoms with van der Waals surface area (Å²) < 4.78 is 0. The molecule has 14 heavy (non-hydrogen) atoms. The predicted octanol–water partition coefficient (Wildman–Crippen LogP) is -0.260. The Labute approximate surface area is 79.6 Å². The number of carboxylic acids is 2. The Hall–Kier alpha value is -1.98. The second-order valence-electron chi connectivity index (χ2n) is 2.28. The van der Waals surface area contributed by atoms with Gasteiger partial charge in [-0.05, 0) is 6.08 Å². The van der Waals surface area contributed by atoms with Gasteiger partial charge in [-0.3, -0.25) is 14.6 Å².